The van der Waals surface area contributed by atoms with Gasteiger partial charge >= 0.3 is 5.97 Å². The number of benzene rings is 2. The number of hydrogen-bond donors (Lipinski definition) is 2. The molecule has 1 aromatic heterocycles. The Hall–Kier alpha value is -3.61. The first kappa shape index (κ1) is 18.7. The third-order valence-corrected chi connectivity index (χ3v) is 4.97. The van der Waals surface area contributed by atoms with Gasteiger partial charge in [0.05, 0.1) is 5.56 Å². The molecule has 4 rings (SSSR count). The van der Waals surface area contributed by atoms with E-state index in [0.717, 1.165) is 23.0 Å². The fourth-order valence-electron chi connectivity index (χ4n) is 3.59. The number of H-pyrrole nitrogens is 1. The molecule has 0 spiro atoms. The number of rotatable bonds is 5. The van der Waals surface area contributed by atoms with Gasteiger partial charge in [-0.2, -0.15) is 0 Å². The SMILES string of the molecule is Cc1[nH]c2ccccc2c1C(=O)OCC(=O)Nc1ccc(N2CCCC2=O)cc1. The Morgan fingerprint density at radius 3 is 2.62 bits per heavy atom. The first-order chi connectivity index (χ1) is 14.0. The van der Waals surface area contributed by atoms with E-state index in [2.05, 4.69) is 10.3 Å². The van der Waals surface area contributed by atoms with Crippen LogP contribution in [0.15, 0.2) is 48.5 Å². The average molecular weight is 391 g/mol. The van der Waals surface area contributed by atoms with Crippen molar-refractivity contribution in [3.8, 4) is 0 Å². The van der Waals surface area contributed by atoms with E-state index in [4.69, 9.17) is 4.74 Å². The second-order valence-corrected chi connectivity index (χ2v) is 6.99. The van der Waals surface area contributed by atoms with Gasteiger partial charge in [0, 0.05) is 40.9 Å². The van der Waals surface area contributed by atoms with Crippen molar-refractivity contribution in [1.29, 1.82) is 0 Å². The number of aryl methyl sites for hydroxylation is 1. The number of anilines is 2. The summed E-state index contributed by atoms with van der Waals surface area (Å²) in [4.78, 5) is 41.3. The minimum Gasteiger partial charge on any atom is -0.452 e. The van der Waals surface area contributed by atoms with Crippen LogP contribution >= 0.6 is 0 Å². The summed E-state index contributed by atoms with van der Waals surface area (Å²) < 4.78 is 5.20. The van der Waals surface area contributed by atoms with Crippen LogP contribution in [0.25, 0.3) is 10.9 Å². The van der Waals surface area contributed by atoms with Gasteiger partial charge in [0.1, 0.15) is 0 Å². The number of nitrogens with zero attached hydrogens (tertiary/aromatic N) is 1. The predicted molar refractivity (Wildman–Crippen MR) is 110 cm³/mol. The number of ether oxygens (including phenoxy) is 1. The number of aromatic nitrogens is 1. The highest BCUT2D eigenvalue weighted by Crippen LogP contribution is 2.24. The van der Waals surface area contributed by atoms with Crippen molar-refractivity contribution >= 4 is 40.1 Å². The average Bonchev–Trinajstić information content (AvgIpc) is 3.29. The molecular formula is C22H21N3O4. The molecule has 0 radical (unpaired) electrons. The summed E-state index contributed by atoms with van der Waals surface area (Å²) in [6, 6.07) is 14.5. The number of nitrogens with one attached hydrogen (secondary N) is 2. The van der Waals surface area contributed by atoms with Gasteiger partial charge < -0.3 is 19.9 Å². The molecule has 0 unspecified atom stereocenters. The molecule has 1 aliphatic rings. The Bertz CT molecular complexity index is 1090. The fraction of sp³-hybridized carbons (Fsp3) is 0.227. The molecule has 1 saturated heterocycles. The second-order valence-electron chi connectivity index (χ2n) is 6.99. The van der Waals surface area contributed by atoms with Crippen LogP contribution in [-0.2, 0) is 14.3 Å². The zero-order valence-electron chi connectivity index (χ0n) is 16.0. The lowest BCUT2D eigenvalue weighted by Crippen LogP contribution is -2.24. The van der Waals surface area contributed by atoms with E-state index in [1.54, 1.807) is 36.1 Å². The lowest BCUT2D eigenvalue weighted by molar-refractivity contribution is -0.119. The number of esters is 1. The van der Waals surface area contributed by atoms with Crippen LogP contribution in [0.2, 0.25) is 0 Å². The molecular weight excluding hydrogens is 370 g/mol. The standard InChI is InChI=1S/C22H21N3O4/c1-14-21(17-5-2-3-6-18(17)23-14)22(28)29-13-19(26)24-15-8-10-16(11-9-15)25-12-4-7-20(25)27/h2-3,5-6,8-11,23H,4,7,12-13H2,1H3,(H,24,26). The molecule has 1 aliphatic heterocycles. The van der Waals surface area contributed by atoms with Gasteiger partial charge in [0.2, 0.25) is 5.91 Å². The summed E-state index contributed by atoms with van der Waals surface area (Å²) in [5.74, 6) is -0.861. The van der Waals surface area contributed by atoms with Crippen LogP contribution < -0.4 is 10.2 Å². The van der Waals surface area contributed by atoms with Crippen molar-refractivity contribution in [2.45, 2.75) is 19.8 Å². The molecule has 2 amide bonds. The van der Waals surface area contributed by atoms with Crippen LogP contribution in [0, 0.1) is 6.92 Å². The molecule has 0 atom stereocenters. The van der Waals surface area contributed by atoms with E-state index in [-0.39, 0.29) is 12.5 Å². The van der Waals surface area contributed by atoms with E-state index < -0.39 is 11.9 Å². The van der Waals surface area contributed by atoms with E-state index in [1.807, 2.05) is 24.3 Å². The fourth-order valence-corrected chi connectivity index (χ4v) is 3.59. The van der Waals surface area contributed by atoms with Crippen LogP contribution in [-0.4, -0.2) is 35.9 Å². The minimum atomic E-state index is -0.544. The van der Waals surface area contributed by atoms with Gasteiger partial charge in [0.25, 0.3) is 5.91 Å². The molecule has 0 saturated carbocycles. The van der Waals surface area contributed by atoms with Crippen molar-refractivity contribution in [3.05, 3.63) is 59.8 Å². The monoisotopic (exact) mass is 391 g/mol. The van der Waals surface area contributed by atoms with Gasteiger partial charge in [-0.15, -0.1) is 0 Å². The van der Waals surface area contributed by atoms with Crippen molar-refractivity contribution in [2.75, 3.05) is 23.4 Å². The Morgan fingerprint density at radius 2 is 1.90 bits per heavy atom. The number of amides is 2. The van der Waals surface area contributed by atoms with Crippen molar-refractivity contribution in [3.63, 3.8) is 0 Å². The van der Waals surface area contributed by atoms with Crippen LogP contribution in [0.1, 0.15) is 28.9 Å². The first-order valence-electron chi connectivity index (χ1n) is 9.47. The quantitative estimate of drug-likeness (QED) is 0.652. The number of aromatic amines is 1. The first-order valence-corrected chi connectivity index (χ1v) is 9.47. The Kier molecular flexibility index (Phi) is 5.03. The third kappa shape index (κ3) is 3.85. The summed E-state index contributed by atoms with van der Waals surface area (Å²) in [7, 11) is 0. The van der Waals surface area contributed by atoms with Gasteiger partial charge in [-0.25, -0.2) is 4.79 Å². The highest BCUT2D eigenvalue weighted by molar-refractivity contribution is 6.06. The van der Waals surface area contributed by atoms with Gasteiger partial charge in [-0.05, 0) is 43.7 Å². The lowest BCUT2D eigenvalue weighted by Gasteiger charge is -2.16. The van der Waals surface area contributed by atoms with Gasteiger partial charge in [0.15, 0.2) is 6.61 Å². The largest absolute Gasteiger partial charge is 0.452 e. The van der Waals surface area contributed by atoms with E-state index >= 15 is 0 Å². The van der Waals surface area contributed by atoms with Crippen molar-refractivity contribution < 1.29 is 19.1 Å². The molecule has 2 aromatic carbocycles. The van der Waals surface area contributed by atoms with Crippen molar-refractivity contribution in [2.24, 2.45) is 0 Å². The maximum atomic E-state index is 12.5. The van der Waals surface area contributed by atoms with Gasteiger partial charge in [-0.1, -0.05) is 18.2 Å². The highest BCUT2D eigenvalue weighted by atomic mass is 16.5. The molecule has 7 heteroatoms. The molecule has 0 bridgehead atoms. The maximum Gasteiger partial charge on any atom is 0.341 e. The second kappa shape index (κ2) is 7.79. The smallest absolute Gasteiger partial charge is 0.341 e. The predicted octanol–water partition coefficient (Wildman–Crippen LogP) is 3.40. The molecule has 29 heavy (non-hydrogen) atoms. The maximum absolute atomic E-state index is 12.5. The summed E-state index contributed by atoms with van der Waals surface area (Å²) >= 11 is 0. The number of carbonyl (C=O) groups excluding carboxylic acids is 3. The molecule has 0 aliphatic carbocycles. The number of para-hydroxylation sites is 1. The zero-order chi connectivity index (χ0) is 20.4. The van der Waals surface area contributed by atoms with Crippen LogP contribution in [0.5, 0.6) is 0 Å². The molecule has 3 aromatic rings. The number of hydrogen-bond acceptors (Lipinski definition) is 4. The number of carbonyl (C=O) groups is 3. The third-order valence-electron chi connectivity index (χ3n) is 4.97. The van der Waals surface area contributed by atoms with Crippen LogP contribution in [0.4, 0.5) is 11.4 Å². The molecule has 1 fully saturated rings. The highest BCUT2D eigenvalue weighted by Gasteiger charge is 2.21. The van der Waals surface area contributed by atoms with Crippen LogP contribution in [0.3, 0.4) is 0 Å². The zero-order valence-corrected chi connectivity index (χ0v) is 16.0. The Balaban J connectivity index is 1.35. The lowest BCUT2D eigenvalue weighted by atomic mass is 10.1. The van der Waals surface area contributed by atoms with E-state index in [9.17, 15) is 14.4 Å². The summed E-state index contributed by atoms with van der Waals surface area (Å²) in [5, 5.41) is 3.46. The summed E-state index contributed by atoms with van der Waals surface area (Å²) in [6.07, 6.45) is 1.43. The van der Waals surface area contributed by atoms with Gasteiger partial charge in [-0.3, -0.25) is 9.59 Å². The Labute approximate surface area is 167 Å². The normalized spacial score (nSPS) is 13.7. The van der Waals surface area contributed by atoms with E-state index in [0.29, 0.717) is 29.9 Å². The number of fused-ring (bicyclic) bond motifs is 1. The summed E-state index contributed by atoms with van der Waals surface area (Å²) in [6.45, 7) is 2.13. The minimum absolute atomic E-state index is 0.112. The molecule has 2 N–H and O–H groups in total. The van der Waals surface area contributed by atoms with Crippen molar-refractivity contribution in [1.82, 2.24) is 4.98 Å². The molecule has 2 heterocycles. The molecule has 148 valence electrons. The molecule has 7 nitrogen and oxygen atoms in total. The summed E-state index contributed by atoms with van der Waals surface area (Å²) in [5.41, 5.74) is 3.37. The topological polar surface area (TPSA) is 91.5 Å². The van der Waals surface area contributed by atoms with E-state index in [1.165, 1.54) is 0 Å². The Morgan fingerprint density at radius 1 is 1.14 bits per heavy atom.